The van der Waals surface area contributed by atoms with Gasteiger partial charge in [0.2, 0.25) is 5.91 Å². The molecular weight excluding hydrogens is 462 g/mol. The number of nitrogens with zero attached hydrogens (tertiary/aromatic N) is 1. The van der Waals surface area contributed by atoms with Crippen molar-refractivity contribution in [3.8, 4) is 11.5 Å². The predicted octanol–water partition coefficient (Wildman–Crippen LogP) is 2.69. The van der Waals surface area contributed by atoms with Gasteiger partial charge < -0.3 is 29.4 Å². The zero-order valence-electron chi connectivity index (χ0n) is 20.3. The molecule has 2 heterocycles. The van der Waals surface area contributed by atoms with Gasteiger partial charge in [-0.1, -0.05) is 30.3 Å². The molecule has 188 valence electrons. The van der Waals surface area contributed by atoms with E-state index in [9.17, 15) is 14.4 Å². The van der Waals surface area contributed by atoms with E-state index in [0.29, 0.717) is 31.0 Å². The lowest BCUT2D eigenvalue weighted by atomic mass is 9.93. The van der Waals surface area contributed by atoms with Crippen molar-refractivity contribution in [3.63, 3.8) is 0 Å². The Labute approximate surface area is 209 Å². The third-order valence-corrected chi connectivity index (χ3v) is 5.97. The minimum Gasteiger partial charge on any atom is -0.493 e. The molecular formula is C27H29N3O6. The number of benzene rings is 2. The third-order valence-electron chi connectivity index (χ3n) is 5.97. The summed E-state index contributed by atoms with van der Waals surface area (Å²) in [5, 5.41) is 5.61. The molecule has 1 aliphatic heterocycles. The van der Waals surface area contributed by atoms with Gasteiger partial charge in [-0.25, -0.2) is 0 Å². The molecule has 0 fully saturated rings. The van der Waals surface area contributed by atoms with Crippen LogP contribution in [0.15, 0.2) is 65.3 Å². The van der Waals surface area contributed by atoms with Crippen LogP contribution < -0.4 is 20.1 Å². The maximum Gasteiger partial charge on any atom is 0.290 e. The first-order valence-electron chi connectivity index (χ1n) is 11.8. The molecule has 0 aliphatic carbocycles. The molecule has 9 nitrogen and oxygen atoms in total. The van der Waals surface area contributed by atoms with Crippen molar-refractivity contribution in [2.24, 2.45) is 0 Å². The number of nitrogens with one attached hydrogen (secondary N) is 2. The first-order valence-corrected chi connectivity index (χ1v) is 11.8. The van der Waals surface area contributed by atoms with Crippen molar-refractivity contribution in [1.82, 2.24) is 15.5 Å². The highest BCUT2D eigenvalue weighted by molar-refractivity contribution is 5.96. The van der Waals surface area contributed by atoms with Crippen molar-refractivity contribution in [2.45, 2.75) is 32.5 Å². The first-order chi connectivity index (χ1) is 17.5. The fourth-order valence-electron chi connectivity index (χ4n) is 4.15. The molecule has 3 aromatic rings. The largest absolute Gasteiger partial charge is 0.493 e. The first kappa shape index (κ1) is 24.8. The minimum absolute atomic E-state index is 0.122. The number of carbonyl (C=O) groups excluding carboxylic acids is 3. The molecule has 0 saturated heterocycles. The van der Waals surface area contributed by atoms with Gasteiger partial charge in [0, 0.05) is 26.1 Å². The van der Waals surface area contributed by atoms with Crippen molar-refractivity contribution < 1.29 is 28.3 Å². The van der Waals surface area contributed by atoms with Gasteiger partial charge in [-0.05, 0) is 47.9 Å². The molecule has 9 heteroatoms. The number of ether oxygens (including phenoxy) is 2. The number of hydrogen-bond donors (Lipinski definition) is 2. The quantitative estimate of drug-likeness (QED) is 0.476. The monoisotopic (exact) mass is 491 g/mol. The lowest BCUT2D eigenvalue weighted by molar-refractivity contribution is -0.126. The van der Waals surface area contributed by atoms with Crippen LogP contribution in [0.1, 0.15) is 34.2 Å². The molecule has 0 bridgehead atoms. The summed E-state index contributed by atoms with van der Waals surface area (Å²) in [6, 6.07) is 15.6. The van der Waals surface area contributed by atoms with Crippen LogP contribution >= 0.6 is 0 Å². The van der Waals surface area contributed by atoms with E-state index in [1.54, 1.807) is 35.2 Å². The number of furan rings is 1. The fraction of sp³-hybridized carbons (Fsp3) is 0.296. The van der Waals surface area contributed by atoms with E-state index >= 15 is 0 Å². The summed E-state index contributed by atoms with van der Waals surface area (Å²) in [7, 11) is 1.51. The highest BCUT2D eigenvalue weighted by atomic mass is 16.5. The van der Waals surface area contributed by atoms with E-state index in [0.717, 1.165) is 16.7 Å². The Kier molecular flexibility index (Phi) is 7.89. The van der Waals surface area contributed by atoms with Crippen LogP contribution in [0.25, 0.3) is 0 Å². The van der Waals surface area contributed by atoms with Gasteiger partial charge in [-0.2, -0.15) is 0 Å². The van der Waals surface area contributed by atoms with Crippen LogP contribution in [0.2, 0.25) is 0 Å². The lowest BCUT2D eigenvalue weighted by Crippen LogP contribution is -2.52. The highest BCUT2D eigenvalue weighted by Gasteiger charge is 2.35. The highest BCUT2D eigenvalue weighted by Crippen LogP contribution is 2.29. The van der Waals surface area contributed by atoms with Gasteiger partial charge in [0.05, 0.1) is 13.4 Å². The van der Waals surface area contributed by atoms with E-state index in [4.69, 9.17) is 13.9 Å². The zero-order valence-corrected chi connectivity index (χ0v) is 20.3. The number of fused-ring (bicyclic) bond motifs is 1. The lowest BCUT2D eigenvalue weighted by Gasteiger charge is -2.35. The Hall–Kier alpha value is -4.27. The second-order valence-corrected chi connectivity index (χ2v) is 8.34. The number of carbonyl (C=O) groups is 3. The van der Waals surface area contributed by atoms with Gasteiger partial charge >= 0.3 is 0 Å². The van der Waals surface area contributed by atoms with Gasteiger partial charge in [-0.15, -0.1) is 0 Å². The Morgan fingerprint density at radius 2 is 1.83 bits per heavy atom. The molecule has 36 heavy (non-hydrogen) atoms. The molecule has 0 spiro atoms. The standard InChI is InChI=1S/C27H29N3O6/c1-3-28-25(31)17-36-22-11-10-18(13-24(22)34-2)15-29-26(32)21-14-19-7-4-5-8-20(19)16-30(21)27(33)23-9-6-12-35-23/h4-13,21H,3,14-17H2,1-2H3,(H,28,31)(H,29,32). The van der Waals surface area contributed by atoms with Crippen LogP contribution in [-0.4, -0.2) is 48.9 Å². The summed E-state index contributed by atoms with van der Waals surface area (Å²) >= 11 is 0. The summed E-state index contributed by atoms with van der Waals surface area (Å²) in [5.74, 6) is 0.258. The average Bonchev–Trinajstić information content (AvgIpc) is 3.45. The Bertz CT molecular complexity index is 1220. The van der Waals surface area contributed by atoms with E-state index in [1.165, 1.54) is 13.4 Å². The number of amides is 3. The number of likely N-dealkylation sites (N-methyl/N-ethyl adjacent to an activating group) is 1. The summed E-state index contributed by atoms with van der Waals surface area (Å²) < 4.78 is 16.3. The molecule has 1 aromatic heterocycles. The van der Waals surface area contributed by atoms with Crippen LogP contribution in [0.5, 0.6) is 11.5 Å². The smallest absolute Gasteiger partial charge is 0.290 e. The second-order valence-electron chi connectivity index (χ2n) is 8.34. The van der Waals surface area contributed by atoms with Crippen LogP contribution in [0, 0.1) is 0 Å². The second kappa shape index (κ2) is 11.4. The Morgan fingerprint density at radius 1 is 1.03 bits per heavy atom. The molecule has 0 radical (unpaired) electrons. The van der Waals surface area contributed by atoms with Crippen molar-refractivity contribution in [3.05, 3.63) is 83.3 Å². The Balaban J connectivity index is 1.45. The van der Waals surface area contributed by atoms with Crippen molar-refractivity contribution in [2.75, 3.05) is 20.3 Å². The van der Waals surface area contributed by atoms with Crippen LogP contribution in [0.3, 0.4) is 0 Å². The summed E-state index contributed by atoms with van der Waals surface area (Å²) in [5.41, 5.74) is 2.83. The number of hydrogen-bond acceptors (Lipinski definition) is 6. The van der Waals surface area contributed by atoms with Gasteiger partial charge in [0.15, 0.2) is 23.9 Å². The van der Waals surface area contributed by atoms with Crippen LogP contribution in [-0.2, 0) is 29.1 Å². The zero-order chi connectivity index (χ0) is 25.5. The summed E-state index contributed by atoms with van der Waals surface area (Å²) in [6.45, 7) is 2.78. The molecule has 2 N–H and O–H groups in total. The minimum atomic E-state index is -0.681. The Morgan fingerprint density at radius 3 is 2.56 bits per heavy atom. The van der Waals surface area contributed by atoms with Crippen molar-refractivity contribution >= 4 is 17.7 Å². The van der Waals surface area contributed by atoms with Crippen molar-refractivity contribution in [1.29, 1.82) is 0 Å². The molecule has 1 atom stereocenters. The molecule has 4 rings (SSSR count). The van der Waals surface area contributed by atoms with Crippen LogP contribution in [0.4, 0.5) is 0 Å². The molecule has 1 unspecified atom stereocenters. The van der Waals surface area contributed by atoms with Gasteiger partial charge in [0.25, 0.3) is 11.8 Å². The third kappa shape index (κ3) is 5.68. The molecule has 2 aromatic carbocycles. The number of rotatable bonds is 9. The summed E-state index contributed by atoms with van der Waals surface area (Å²) in [4.78, 5) is 39.6. The average molecular weight is 492 g/mol. The fourth-order valence-corrected chi connectivity index (χ4v) is 4.15. The number of methoxy groups -OCH3 is 1. The summed E-state index contributed by atoms with van der Waals surface area (Å²) in [6.07, 6.45) is 1.85. The topological polar surface area (TPSA) is 110 Å². The molecule has 3 amide bonds. The SMILES string of the molecule is CCNC(=O)COc1ccc(CNC(=O)C2Cc3ccccc3CN2C(=O)c2ccco2)cc1OC. The molecule has 0 saturated carbocycles. The normalized spacial score (nSPS) is 14.5. The molecule has 1 aliphatic rings. The maximum atomic E-state index is 13.3. The maximum absolute atomic E-state index is 13.3. The van der Waals surface area contributed by atoms with Gasteiger partial charge in [0.1, 0.15) is 6.04 Å². The predicted molar refractivity (Wildman–Crippen MR) is 132 cm³/mol. The van der Waals surface area contributed by atoms with Gasteiger partial charge in [-0.3, -0.25) is 14.4 Å². The van der Waals surface area contributed by atoms with E-state index in [-0.39, 0.29) is 36.6 Å². The van der Waals surface area contributed by atoms with E-state index in [1.807, 2.05) is 31.2 Å². The van der Waals surface area contributed by atoms with E-state index in [2.05, 4.69) is 10.6 Å². The van der Waals surface area contributed by atoms with E-state index < -0.39 is 6.04 Å².